The minimum absolute atomic E-state index is 0.344. The Morgan fingerprint density at radius 1 is 0.963 bits per heavy atom. The minimum Gasteiger partial charge on any atom is -0.406 e. The van der Waals surface area contributed by atoms with E-state index in [2.05, 4.69) is 4.74 Å². The molecule has 0 bridgehead atoms. The standard InChI is InChI=1S/C17H12F4N2O3S/c18-15-7-6-12(23-8-1-2-9-23)10-16(15)22-27(24,25)14-5-3-4-13(11-14)26-17(19,20)21/h1-11,22H. The van der Waals surface area contributed by atoms with Gasteiger partial charge in [0, 0.05) is 24.1 Å². The summed E-state index contributed by atoms with van der Waals surface area (Å²) in [5.41, 5.74) is 0.150. The number of nitrogens with one attached hydrogen (secondary N) is 1. The van der Waals surface area contributed by atoms with Gasteiger partial charge in [-0.2, -0.15) is 0 Å². The maximum absolute atomic E-state index is 14.0. The molecule has 1 aromatic heterocycles. The van der Waals surface area contributed by atoms with E-state index in [1.54, 1.807) is 29.1 Å². The molecule has 0 aliphatic rings. The number of anilines is 1. The van der Waals surface area contributed by atoms with Crippen LogP contribution in [0.15, 0.2) is 71.9 Å². The first-order valence-corrected chi connectivity index (χ1v) is 8.94. The lowest BCUT2D eigenvalue weighted by atomic mass is 10.2. The first-order valence-electron chi connectivity index (χ1n) is 7.46. The number of benzene rings is 2. The molecule has 142 valence electrons. The average molecular weight is 400 g/mol. The topological polar surface area (TPSA) is 60.3 Å². The molecule has 0 spiro atoms. The van der Waals surface area contributed by atoms with E-state index in [-0.39, 0.29) is 5.69 Å². The molecule has 3 aromatic rings. The molecule has 0 saturated carbocycles. The van der Waals surface area contributed by atoms with Crippen molar-refractivity contribution in [2.75, 3.05) is 4.72 Å². The third kappa shape index (κ3) is 4.59. The van der Waals surface area contributed by atoms with E-state index >= 15 is 0 Å². The Hall–Kier alpha value is -3.01. The molecule has 10 heteroatoms. The molecule has 0 saturated heterocycles. The van der Waals surface area contributed by atoms with Gasteiger partial charge in [0.2, 0.25) is 0 Å². The van der Waals surface area contributed by atoms with Gasteiger partial charge in [0.25, 0.3) is 10.0 Å². The van der Waals surface area contributed by atoms with Crippen molar-refractivity contribution >= 4 is 15.7 Å². The summed E-state index contributed by atoms with van der Waals surface area (Å²) in [5.74, 6) is -1.54. The summed E-state index contributed by atoms with van der Waals surface area (Å²) in [6.07, 6.45) is -1.60. The number of halogens is 4. The van der Waals surface area contributed by atoms with Crippen LogP contribution in [0, 0.1) is 5.82 Å². The van der Waals surface area contributed by atoms with E-state index in [1.807, 2.05) is 4.72 Å². The molecule has 0 unspecified atom stereocenters. The van der Waals surface area contributed by atoms with Crippen LogP contribution in [-0.4, -0.2) is 19.3 Å². The molecule has 27 heavy (non-hydrogen) atoms. The molecule has 0 aliphatic carbocycles. The van der Waals surface area contributed by atoms with Crippen molar-refractivity contribution in [2.45, 2.75) is 11.3 Å². The van der Waals surface area contributed by atoms with Gasteiger partial charge in [-0.15, -0.1) is 13.2 Å². The predicted octanol–water partition coefficient (Wildman–Crippen LogP) is 4.32. The lowest BCUT2D eigenvalue weighted by Crippen LogP contribution is -2.18. The van der Waals surface area contributed by atoms with Crippen molar-refractivity contribution in [3.63, 3.8) is 0 Å². The first kappa shape index (κ1) is 18.8. The van der Waals surface area contributed by atoms with Gasteiger partial charge in [0.15, 0.2) is 0 Å². The van der Waals surface area contributed by atoms with Crippen molar-refractivity contribution < 1.29 is 30.7 Å². The van der Waals surface area contributed by atoms with Crippen molar-refractivity contribution in [3.05, 3.63) is 72.8 Å². The van der Waals surface area contributed by atoms with Crippen molar-refractivity contribution in [1.82, 2.24) is 4.57 Å². The lowest BCUT2D eigenvalue weighted by molar-refractivity contribution is -0.274. The zero-order valence-electron chi connectivity index (χ0n) is 13.4. The second-order valence-electron chi connectivity index (χ2n) is 5.38. The van der Waals surface area contributed by atoms with Gasteiger partial charge in [-0.3, -0.25) is 4.72 Å². The van der Waals surface area contributed by atoms with Gasteiger partial charge in [-0.1, -0.05) is 6.07 Å². The summed E-state index contributed by atoms with van der Waals surface area (Å²) in [5, 5.41) is 0. The van der Waals surface area contributed by atoms with E-state index in [1.165, 1.54) is 12.1 Å². The molecule has 0 amide bonds. The Morgan fingerprint density at radius 3 is 2.33 bits per heavy atom. The molecular weight excluding hydrogens is 388 g/mol. The zero-order chi connectivity index (χ0) is 19.7. The van der Waals surface area contributed by atoms with Crippen LogP contribution >= 0.6 is 0 Å². The Bertz CT molecular complexity index is 1050. The molecule has 0 atom stereocenters. The van der Waals surface area contributed by atoms with Crippen LogP contribution in [-0.2, 0) is 10.0 Å². The monoisotopic (exact) mass is 400 g/mol. The van der Waals surface area contributed by atoms with Gasteiger partial charge in [0.05, 0.1) is 10.6 Å². The van der Waals surface area contributed by atoms with Gasteiger partial charge >= 0.3 is 6.36 Å². The smallest absolute Gasteiger partial charge is 0.406 e. The summed E-state index contributed by atoms with van der Waals surface area (Å²) >= 11 is 0. The van der Waals surface area contributed by atoms with Gasteiger partial charge in [-0.05, 0) is 42.5 Å². The average Bonchev–Trinajstić information content (AvgIpc) is 3.10. The maximum atomic E-state index is 14.0. The summed E-state index contributed by atoms with van der Waals surface area (Å²) in [6, 6.07) is 11.1. The third-order valence-electron chi connectivity index (χ3n) is 3.45. The second kappa shape index (κ2) is 6.95. The van der Waals surface area contributed by atoms with E-state index in [9.17, 15) is 26.0 Å². The SMILES string of the molecule is O=S(=O)(Nc1cc(-n2cccc2)ccc1F)c1cccc(OC(F)(F)F)c1. The number of nitrogens with zero attached hydrogens (tertiary/aromatic N) is 1. The van der Waals surface area contributed by atoms with Crippen LogP contribution in [0.4, 0.5) is 23.2 Å². The predicted molar refractivity (Wildman–Crippen MR) is 89.7 cm³/mol. The number of alkyl halides is 3. The minimum atomic E-state index is -4.97. The maximum Gasteiger partial charge on any atom is 0.573 e. The Morgan fingerprint density at radius 2 is 1.67 bits per heavy atom. The molecule has 5 nitrogen and oxygen atoms in total. The fraction of sp³-hybridized carbons (Fsp3) is 0.0588. The largest absolute Gasteiger partial charge is 0.573 e. The van der Waals surface area contributed by atoms with Crippen molar-refractivity contribution in [2.24, 2.45) is 0 Å². The summed E-state index contributed by atoms with van der Waals surface area (Å²) in [7, 11) is -4.35. The third-order valence-corrected chi connectivity index (χ3v) is 4.81. The highest BCUT2D eigenvalue weighted by Crippen LogP contribution is 2.27. The molecule has 2 aromatic carbocycles. The van der Waals surface area contributed by atoms with Gasteiger partial charge in [-0.25, -0.2) is 12.8 Å². The Kier molecular flexibility index (Phi) is 4.83. The van der Waals surface area contributed by atoms with E-state index < -0.39 is 32.8 Å². The molecule has 3 rings (SSSR count). The van der Waals surface area contributed by atoms with Crippen LogP contribution in [0.5, 0.6) is 5.75 Å². The molecule has 1 heterocycles. The van der Waals surface area contributed by atoms with Gasteiger partial charge in [0.1, 0.15) is 11.6 Å². The molecule has 0 radical (unpaired) electrons. The Labute approximate surface area is 151 Å². The molecular formula is C17H12F4N2O3S. The summed E-state index contributed by atoms with van der Waals surface area (Å²) in [6.45, 7) is 0. The number of rotatable bonds is 5. The zero-order valence-corrected chi connectivity index (χ0v) is 14.3. The highest BCUT2D eigenvalue weighted by Gasteiger charge is 2.31. The van der Waals surface area contributed by atoms with Crippen LogP contribution in [0.25, 0.3) is 5.69 Å². The number of sulfonamides is 1. The molecule has 0 aliphatic heterocycles. The van der Waals surface area contributed by atoms with Crippen molar-refractivity contribution in [1.29, 1.82) is 0 Å². The number of ether oxygens (including phenoxy) is 1. The van der Waals surface area contributed by atoms with Crippen LogP contribution < -0.4 is 9.46 Å². The highest BCUT2D eigenvalue weighted by atomic mass is 32.2. The number of aromatic nitrogens is 1. The lowest BCUT2D eigenvalue weighted by Gasteiger charge is -2.13. The van der Waals surface area contributed by atoms with E-state index in [0.717, 1.165) is 24.3 Å². The fourth-order valence-corrected chi connectivity index (χ4v) is 3.39. The van der Waals surface area contributed by atoms with E-state index in [0.29, 0.717) is 11.8 Å². The highest BCUT2D eigenvalue weighted by molar-refractivity contribution is 7.92. The number of hydrogen-bond donors (Lipinski definition) is 1. The summed E-state index contributed by atoms with van der Waals surface area (Å²) in [4.78, 5) is -0.505. The first-order chi connectivity index (χ1) is 12.6. The quantitative estimate of drug-likeness (QED) is 0.649. The fourth-order valence-electron chi connectivity index (χ4n) is 2.30. The normalized spacial score (nSPS) is 12.0. The summed E-state index contributed by atoms with van der Waals surface area (Å²) < 4.78 is 83.3. The molecule has 0 fully saturated rings. The van der Waals surface area contributed by atoms with E-state index in [4.69, 9.17) is 0 Å². The van der Waals surface area contributed by atoms with Crippen LogP contribution in [0.2, 0.25) is 0 Å². The Balaban J connectivity index is 1.91. The second-order valence-corrected chi connectivity index (χ2v) is 7.07. The number of hydrogen-bond acceptors (Lipinski definition) is 3. The molecule has 1 N–H and O–H groups in total. The van der Waals surface area contributed by atoms with Crippen molar-refractivity contribution in [3.8, 4) is 11.4 Å². The van der Waals surface area contributed by atoms with Gasteiger partial charge < -0.3 is 9.30 Å². The van der Waals surface area contributed by atoms with Crippen LogP contribution in [0.3, 0.4) is 0 Å². The van der Waals surface area contributed by atoms with Crippen LogP contribution in [0.1, 0.15) is 0 Å².